The zero-order chi connectivity index (χ0) is 11.1. The van der Waals surface area contributed by atoms with Gasteiger partial charge in [0.1, 0.15) is 0 Å². The third-order valence-corrected chi connectivity index (χ3v) is 1.85. The van der Waals surface area contributed by atoms with E-state index < -0.39 is 0 Å². The van der Waals surface area contributed by atoms with E-state index in [0.717, 1.165) is 17.0 Å². The predicted molar refractivity (Wildman–Crippen MR) is 63.5 cm³/mol. The molecule has 0 saturated heterocycles. The quantitative estimate of drug-likeness (QED) is 0.657. The van der Waals surface area contributed by atoms with Crippen LogP contribution in [0.4, 0.5) is 0 Å². The Kier molecular flexibility index (Phi) is 4.23. The van der Waals surface area contributed by atoms with E-state index in [1.165, 1.54) is 0 Å². The summed E-state index contributed by atoms with van der Waals surface area (Å²) in [6.07, 6.45) is 3.58. The van der Waals surface area contributed by atoms with Crippen molar-refractivity contribution in [2.24, 2.45) is 0 Å². The molecule has 15 heavy (non-hydrogen) atoms. The molecule has 2 nitrogen and oxygen atoms in total. The van der Waals surface area contributed by atoms with E-state index in [-0.39, 0.29) is 0 Å². The van der Waals surface area contributed by atoms with Crippen LogP contribution in [0.15, 0.2) is 55.9 Å². The van der Waals surface area contributed by atoms with Crippen molar-refractivity contribution in [3.63, 3.8) is 0 Å². The molecular formula is C13H14N2. The van der Waals surface area contributed by atoms with Gasteiger partial charge in [0, 0.05) is 23.7 Å². The summed E-state index contributed by atoms with van der Waals surface area (Å²) in [5.41, 5.74) is 3.07. The van der Waals surface area contributed by atoms with Crippen molar-refractivity contribution in [3.05, 3.63) is 61.6 Å². The molecule has 0 radical (unpaired) electrons. The van der Waals surface area contributed by atoms with Gasteiger partial charge in [-0.25, -0.2) is 0 Å². The zero-order valence-electron chi connectivity index (χ0n) is 8.85. The first-order valence-corrected chi connectivity index (χ1v) is 4.70. The number of aryl methyl sites for hydroxylation is 1. The van der Waals surface area contributed by atoms with Crippen molar-refractivity contribution in [2.45, 2.75) is 6.92 Å². The first-order valence-electron chi connectivity index (χ1n) is 4.70. The Hall–Kier alpha value is -1.96. The van der Waals surface area contributed by atoms with Crippen LogP contribution in [0, 0.1) is 6.92 Å². The minimum Gasteiger partial charge on any atom is -0.264 e. The van der Waals surface area contributed by atoms with Gasteiger partial charge in [-0.2, -0.15) is 0 Å². The van der Waals surface area contributed by atoms with Gasteiger partial charge in [0.25, 0.3) is 0 Å². The van der Waals surface area contributed by atoms with Crippen LogP contribution in [0.5, 0.6) is 0 Å². The van der Waals surface area contributed by atoms with Crippen molar-refractivity contribution in [3.8, 4) is 11.3 Å². The Labute approximate surface area is 90.3 Å². The maximum Gasteiger partial charge on any atom is 0.0720 e. The highest BCUT2D eigenvalue weighted by Crippen LogP contribution is 2.14. The lowest BCUT2D eigenvalue weighted by molar-refractivity contribution is 1.20. The molecule has 0 aliphatic heterocycles. The van der Waals surface area contributed by atoms with Gasteiger partial charge in [-0.15, -0.1) is 13.2 Å². The van der Waals surface area contributed by atoms with Crippen molar-refractivity contribution in [2.75, 3.05) is 0 Å². The summed E-state index contributed by atoms with van der Waals surface area (Å²) in [5.74, 6) is 0. The fourth-order valence-electron chi connectivity index (χ4n) is 1.22. The summed E-state index contributed by atoms with van der Waals surface area (Å²) < 4.78 is 0. The Morgan fingerprint density at radius 2 is 1.87 bits per heavy atom. The Morgan fingerprint density at radius 3 is 2.47 bits per heavy atom. The smallest absolute Gasteiger partial charge is 0.0720 e. The van der Waals surface area contributed by atoms with E-state index in [4.69, 9.17) is 0 Å². The van der Waals surface area contributed by atoms with Crippen LogP contribution in [-0.4, -0.2) is 9.97 Å². The summed E-state index contributed by atoms with van der Waals surface area (Å²) in [6.45, 7) is 7.99. The van der Waals surface area contributed by atoms with Crippen LogP contribution < -0.4 is 0 Å². The molecule has 0 aromatic carbocycles. The molecule has 0 aliphatic rings. The highest BCUT2D eigenvalue weighted by Gasteiger charge is 1.97. The molecule has 0 amide bonds. The number of hydrogen-bond acceptors (Lipinski definition) is 2. The number of pyridine rings is 2. The van der Waals surface area contributed by atoms with E-state index in [2.05, 4.69) is 23.1 Å². The summed E-state index contributed by atoms with van der Waals surface area (Å²) in [5, 5.41) is 0. The minimum absolute atomic E-state index is 0.980. The fourth-order valence-corrected chi connectivity index (χ4v) is 1.22. The van der Waals surface area contributed by atoms with Crippen LogP contribution >= 0.6 is 0 Å². The maximum absolute atomic E-state index is 4.40. The lowest BCUT2D eigenvalue weighted by Crippen LogP contribution is -1.85. The second-order valence-corrected chi connectivity index (χ2v) is 2.91. The number of aromatic nitrogens is 2. The maximum atomic E-state index is 4.40. The van der Waals surface area contributed by atoms with E-state index in [9.17, 15) is 0 Å². The van der Waals surface area contributed by atoms with Gasteiger partial charge in [-0.05, 0) is 31.2 Å². The average Bonchev–Trinajstić information content (AvgIpc) is 2.33. The lowest BCUT2D eigenvalue weighted by Gasteiger charge is -1.99. The first-order chi connectivity index (χ1) is 7.36. The topological polar surface area (TPSA) is 25.8 Å². The second-order valence-electron chi connectivity index (χ2n) is 2.91. The Morgan fingerprint density at radius 1 is 1.07 bits per heavy atom. The van der Waals surface area contributed by atoms with E-state index in [1.54, 1.807) is 6.20 Å². The van der Waals surface area contributed by atoms with Crippen LogP contribution in [0.2, 0.25) is 0 Å². The van der Waals surface area contributed by atoms with Gasteiger partial charge in [-0.3, -0.25) is 9.97 Å². The van der Waals surface area contributed by atoms with Gasteiger partial charge in [0.05, 0.1) is 5.69 Å². The summed E-state index contributed by atoms with van der Waals surface area (Å²) in [7, 11) is 0. The molecule has 2 aromatic rings. The lowest BCUT2D eigenvalue weighted by atomic mass is 10.2. The molecule has 76 valence electrons. The zero-order valence-corrected chi connectivity index (χ0v) is 8.85. The highest BCUT2D eigenvalue weighted by atomic mass is 14.7. The molecule has 2 heterocycles. The number of nitrogens with zero attached hydrogens (tertiary/aromatic N) is 2. The van der Waals surface area contributed by atoms with Gasteiger partial charge in [0.2, 0.25) is 0 Å². The summed E-state index contributed by atoms with van der Waals surface area (Å²) in [4.78, 5) is 8.45. The van der Waals surface area contributed by atoms with Crippen molar-refractivity contribution >= 4 is 0 Å². The average molecular weight is 198 g/mol. The molecule has 0 atom stereocenters. The van der Waals surface area contributed by atoms with Crippen LogP contribution in [0.3, 0.4) is 0 Å². The second kappa shape index (κ2) is 5.70. The molecule has 2 heteroatoms. The molecule has 0 unspecified atom stereocenters. The standard InChI is InChI=1S/C11H10N2.C2H4/c1-9-4-2-6-11(13-9)10-5-3-7-12-8-10;1-2/h2-8H,1H3;1-2H2. The molecule has 0 saturated carbocycles. The Balaban J connectivity index is 0.000000531. The molecule has 0 bridgehead atoms. The molecular weight excluding hydrogens is 184 g/mol. The van der Waals surface area contributed by atoms with Crippen molar-refractivity contribution < 1.29 is 0 Å². The molecule has 2 aromatic heterocycles. The third kappa shape index (κ3) is 3.02. The first kappa shape index (κ1) is 11.1. The molecule has 0 N–H and O–H groups in total. The SMILES string of the molecule is C=C.Cc1cccc(-c2cccnc2)n1. The van der Waals surface area contributed by atoms with Crippen LogP contribution in [0.25, 0.3) is 11.3 Å². The molecule has 0 fully saturated rings. The van der Waals surface area contributed by atoms with Gasteiger partial charge >= 0.3 is 0 Å². The molecule has 0 spiro atoms. The number of rotatable bonds is 1. The summed E-state index contributed by atoms with van der Waals surface area (Å²) >= 11 is 0. The third-order valence-electron chi connectivity index (χ3n) is 1.85. The van der Waals surface area contributed by atoms with Crippen LogP contribution in [0.1, 0.15) is 5.69 Å². The Bertz CT molecular complexity index is 410. The van der Waals surface area contributed by atoms with Gasteiger partial charge in [-0.1, -0.05) is 6.07 Å². The van der Waals surface area contributed by atoms with Gasteiger partial charge < -0.3 is 0 Å². The minimum atomic E-state index is 0.980. The summed E-state index contributed by atoms with van der Waals surface area (Å²) in [6, 6.07) is 9.91. The van der Waals surface area contributed by atoms with E-state index >= 15 is 0 Å². The largest absolute Gasteiger partial charge is 0.264 e. The van der Waals surface area contributed by atoms with E-state index in [1.807, 2.05) is 43.5 Å². The fraction of sp³-hybridized carbons (Fsp3) is 0.0769. The molecule has 0 aliphatic carbocycles. The monoisotopic (exact) mass is 198 g/mol. The predicted octanol–water partition coefficient (Wildman–Crippen LogP) is 3.25. The van der Waals surface area contributed by atoms with Crippen molar-refractivity contribution in [1.29, 1.82) is 0 Å². The van der Waals surface area contributed by atoms with Crippen LogP contribution in [-0.2, 0) is 0 Å². The normalized spacial score (nSPS) is 8.87. The molecule has 2 rings (SSSR count). The van der Waals surface area contributed by atoms with E-state index in [0.29, 0.717) is 0 Å². The highest BCUT2D eigenvalue weighted by molar-refractivity contribution is 5.57. The van der Waals surface area contributed by atoms with Crippen molar-refractivity contribution in [1.82, 2.24) is 9.97 Å². The number of hydrogen-bond donors (Lipinski definition) is 0. The van der Waals surface area contributed by atoms with Gasteiger partial charge in [0.15, 0.2) is 0 Å².